The summed E-state index contributed by atoms with van der Waals surface area (Å²) in [4.78, 5) is 60.0. The van der Waals surface area contributed by atoms with E-state index in [0.717, 1.165) is 0 Å². The minimum atomic E-state index is -2.97. The molecule has 0 fully saturated rings. The Balaban J connectivity index is -0.000000192. The average molecular weight is 452 g/mol. The van der Waals surface area contributed by atoms with E-state index in [9.17, 15) is 59.4 Å². The van der Waals surface area contributed by atoms with Crippen LogP contribution < -0.4 is 36.8 Å². The van der Waals surface area contributed by atoms with Crippen molar-refractivity contribution in [2.24, 2.45) is 0 Å². The van der Waals surface area contributed by atoms with Gasteiger partial charge in [0.15, 0.2) is 0 Å². The molecule has 0 amide bonds. The number of hydrogen-bond donors (Lipinski definition) is 3. The first-order valence-corrected chi connectivity index (χ1v) is 6.23. The van der Waals surface area contributed by atoms with E-state index in [1.165, 1.54) is 0 Å². The Kier molecular flexibility index (Phi) is 15.7. The van der Waals surface area contributed by atoms with Crippen LogP contribution in [-0.2, 0) is 45.8 Å². The Morgan fingerprint density at radius 3 is 0.750 bits per heavy atom. The third-order valence-electron chi connectivity index (χ3n) is 2.51. The van der Waals surface area contributed by atoms with Gasteiger partial charge in [-0.2, -0.15) is 0 Å². The van der Waals surface area contributed by atoms with Gasteiger partial charge in [0.1, 0.15) is 11.2 Å². The number of rotatable bonds is 10. The Morgan fingerprint density at radius 2 is 0.679 bits per heavy atom. The quantitative estimate of drug-likeness (QED) is 0.259. The second-order valence-electron chi connectivity index (χ2n) is 4.83. The molecular formula is C12H14FeNO14. The fraction of sp³-hybridized carbons (Fsp3) is 0.500. The first-order chi connectivity index (χ1) is 11.6. The summed E-state index contributed by atoms with van der Waals surface area (Å²) in [5.41, 5.74) is -5.95. The van der Waals surface area contributed by atoms with Crippen LogP contribution in [0.15, 0.2) is 0 Å². The van der Waals surface area contributed by atoms with Crippen LogP contribution in [0.5, 0.6) is 0 Å². The number of carboxylic acid groups (broad SMARTS) is 6. The first-order valence-electron chi connectivity index (χ1n) is 6.23. The minimum Gasteiger partial charge on any atom is -0.550 e. The number of quaternary nitrogens is 1. The molecule has 0 atom stereocenters. The number of carbonyl (C=O) groups is 6. The van der Waals surface area contributed by atoms with Crippen LogP contribution in [0.3, 0.4) is 0 Å². The molecular weight excluding hydrogens is 438 g/mol. The van der Waals surface area contributed by atoms with Crippen LogP contribution in [0.25, 0.3) is 0 Å². The smallest absolute Gasteiger partial charge is 0.550 e. The molecule has 1 radical (unpaired) electrons. The van der Waals surface area contributed by atoms with Crippen molar-refractivity contribution in [1.29, 1.82) is 0 Å². The van der Waals surface area contributed by atoms with E-state index in [4.69, 9.17) is 10.2 Å². The van der Waals surface area contributed by atoms with Gasteiger partial charge < -0.3 is 75.8 Å². The van der Waals surface area contributed by atoms with Crippen LogP contribution >= 0.6 is 0 Å². The van der Waals surface area contributed by atoms with Gasteiger partial charge in [-0.25, -0.2) is 0 Å². The molecule has 15 nitrogen and oxygen atoms in total. The van der Waals surface area contributed by atoms with Crippen LogP contribution in [-0.4, -0.2) is 57.2 Å². The number of aliphatic hydroxyl groups is 2. The van der Waals surface area contributed by atoms with E-state index >= 15 is 0 Å². The van der Waals surface area contributed by atoms with Gasteiger partial charge in [-0.15, -0.1) is 0 Å². The Bertz CT molecular complexity index is 519. The molecule has 159 valence electrons. The second kappa shape index (κ2) is 13.4. The van der Waals surface area contributed by atoms with Crippen molar-refractivity contribution in [2.75, 3.05) is 0 Å². The second-order valence-corrected chi connectivity index (χ2v) is 4.83. The zero-order chi connectivity index (χ0) is 21.3. The van der Waals surface area contributed by atoms with Crippen molar-refractivity contribution in [3.63, 3.8) is 0 Å². The Labute approximate surface area is 166 Å². The van der Waals surface area contributed by atoms with Crippen LogP contribution in [0.1, 0.15) is 25.7 Å². The molecule has 28 heavy (non-hydrogen) atoms. The summed E-state index contributed by atoms with van der Waals surface area (Å²) in [6.07, 6.45) is -5.43. The van der Waals surface area contributed by atoms with Gasteiger partial charge in [0.25, 0.3) is 0 Å². The van der Waals surface area contributed by atoms with E-state index in [1.54, 1.807) is 0 Å². The maximum Gasteiger partial charge on any atom is 5.00 e. The summed E-state index contributed by atoms with van der Waals surface area (Å²) in [5.74, 6) is -12.0. The van der Waals surface area contributed by atoms with E-state index in [-0.39, 0.29) is 23.2 Å². The zero-order valence-electron chi connectivity index (χ0n) is 14.0. The minimum absolute atomic E-state index is 0. The van der Waals surface area contributed by atoms with Crippen LogP contribution in [0.2, 0.25) is 0 Å². The van der Waals surface area contributed by atoms with Gasteiger partial charge in [-0.05, 0) is 0 Å². The molecule has 0 unspecified atom stereocenters. The molecule has 0 aliphatic heterocycles. The molecule has 0 aromatic rings. The molecule has 0 saturated heterocycles. The molecule has 0 spiro atoms. The molecule has 0 saturated carbocycles. The molecule has 6 N–H and O–H groups in total. The van der Waals surface area contributed by atoms with Gasteiger partial charge in [0, 0.05) is 49.6 Å². The maximum absolute atomic E-state index is 10.1. The Morgan fingerprint density at radius 1 is 0.536 bits per heavy atom. The van der Waals surface area contributed by atoms with E-state index in [2.05, 4.69) is 0 Å². The van der Waals surface area contributed by atoms with Gasteiger partial charge >= 0.3 is 17.1 Å². The fourth-order valence-corrected chi connectivity index (χ4v) is 1.37. The van der Waals surface area contributed by atoms with Crippen molar-refractivity contribution in [2.45, 2.75) is 36.9 Å². The summed E-state index contributed by atoms with van der Waals surface area (Å²) in [6, 6.07) is 0. The van der Waals surface area contributed by atoms with Crippen molar-refractivity contribution >= 4 is 35.8 Å². The normalized spacial score (nSPS) is 10.1. The summed E-state index contributed by atoms with van der Waals surface area (Å²) >= 11 is 0. The zero-order valence-corrected chi connectivity index (χ0v) is 15.1. The molecule has 16 heteroatoms. The number of carboxylic acids is 6. The average Bonchev–Trinajstić information content (AvgIpc) is 2.34. The number of carbonyl (C=O) groups excluding carboxylic acids is 6. The van der Waals surface area contributed by atoms with Gasteiger partial charge in [0.2, 0.25) is 0 Å². The predicted molar refractivity (Wildman–Crippen MR) is 64.4 cm³/mol. The molecule has 0 aliphatic carbocycles. The molecule has 0 bridgehead atoms. The van der Waals surface area contributed by atoms with Gasteiger partial charge in [0.05, 0.1) is 11.9 Å². The van der Waals surface area contributed by atoms with E-state index in [1.807, 2.05) is 0 Å². The topological polar surface area (TPSA) is 318 Å². The summed E-state index contributed by atoms with van der Waals surface area (Å²) in [6.45, 7) is 0. The SMILES string of the molecule is O=C([O-])CC(O)(CC(=O)[O-])C(=O)[O-].O=C([O-])CC(O)(CC(=O)[O-])C(=O)[O-].[Fe+5].[NH4+]. The maximum atomic E-state index is 10.1. The molecule has 0 heterocycles. The fourth-order valence-electron chi connectivity index (χ4n) is 1.37. The van der Waals surface area contributed by atoms with Crippen molar-refractivity contribution in [3.8, 4) is 0 Å². The monoisotopic (exact) mass is 452 g/mol. The van der Waals surface area contributed by atoms with E-state index in [0.29, 0.717) is 0 Å². The van der Waals surface area contributed by atoms with Gasteiger partial charge in [-0.3, -0.25) is 0 Å². The first kappa shape index (κ1) is 32.9. The van der Waals surface area contributed by atoms with Crippen molar-refractivity contribution in [3.05, 3.63) is 0 Å². The summed E-state index contributed by atoms with van der Waals surface area (Å²) in [7, 11) is 0. The predicted octanol–water partition coefficient (Wildman–Crippen LogP) is -10.1. The third kappa shape index (κ3) is 13.4. The van der Waals surface area contributed by atoms with Gasteiger partial charge in [-0.1, -0.05) is 0 Å². The number of aliphatic carboxylic acids is 6. The van der Waals surface area contributed by atoms with Crippen molar-refractivity contribution < 1.29 is 86.7 Å². The summed E-state index contributed by atoms with van der Waals surface area (Å²) < 4.78 is 0. The molecule has 0 aromatic heterocycles. The molecule has 0 aromatic carbocycles. The van der Waals surface area contributed by atoms with Crippen molar-refractivity contribution in [1.82, 2.24) is 6.15 Å². The van der Waals surface area contributed by atoms with Crippen LogP contribution in [0, 0.1) is 0 Å². The molecule has 0 aliphatic rings. The largest absolute Gasteiger partial charge is 5.00 e. The van der Waals surface area contributed by atoms with Crippen LogP contribution in [0.4, 0.5) is 0 Å². The molecule has 0 rings (SSSR count). The Hall–Kier alpha value is -2.78. The summed E-state index contributed by atoms with van der Waals surface area (Å²) in [5, 5.41) is 77.9. The van der Waals surface area contributed by atoms with E-state index < -0.39 is 72.7 Å². The standard InChI is InChI=1S/2C6H8O7.Fe.H3N/c2*7-3(8)1-6(13,5(11)12)2-4(9)10;;/h2*13H,1-2H2,(H,7,8)(H,9,10)(H,11,12);;1H3/q;;+5;/p-5. The third-order valence-corrected chi connectivity index (χ3v) is 2.51. The number of hydrogen-bond acceptors (Lipinski definition) is 14.